The van der Waals surface area contributed by atoms with Crippen molar-refractivity contribution in [1.82, 2.24) is 4.90 Å². The minimum absolute atomic E-state index is 0.0636. The highest BCUT2D eigenvalue weighted by Gasteiger charge is 2.07. The Hall–Kier alpha value is -0.570. The summed E-state index contributed by atoms with van der Waals surface area (Å²) in [4.78, 5) is 12.9. The van der Waals surface area contributed by atoms with Crippen molar-refractivity contribution in [3.8, 4) is 0 Å². The van der Waals surface area contributed by atoms with Crippen LogP contribution in [0.2, 0.25) is 0 Å². The van der Waals surface area contributed by atoms with E-state index in [1.54, 1.807) is 0 Å². The van der Waals surface area contributed by atoms with Gasteiger partial charge in [-0.1, -0.05) is 34.1 Å². The first-order valence-corrected chi connectivity index (χ1v) is 5.65. The third-order valence-electron chi connectivity index (χ3n) is 1.51. The molecule has 0 aliphatic rings. The molecule has 0 spiro atoms. The summed E-state index contributed by atoms with van der Waals surface area (Å²) < 4.78 is 0. The van der Waals surface area contributed by atoms with Crippen LogP contribution in [0.25, 0.3) is 0 Å². The summed E-state index contributed by atoms with van der Waals surface area (Å²) in [5.74, 6) is 0.0636. The minimum atomic E-state index is 0.0636. The predicted octanol–water partition coefficient (Wildman–Crippen LogP) is 2.01. The molecule has 0 saturated heterocycles. The summed E-state index contributed by atoms with van der Waals surface area (Å²) in [6.45, 7) is 10.2. The average Bonchev–Trinajstić information content (AvgIpc) is 2.17. The lowest BCUT2D eigenvalue weighted by Crippen LogP contribution is -2.37. The van der Waals surface area contributed by atoms with Crippen molar-refractivity contribution < 1.29 is 4.79 Å². The average molecular weight is 202 g/mol. The first-order chi connectivity index (χ1) is 6.67. The third-order valence-corrected chi connectivity index (χ3v) is 1.51. The lowest BCUT2D eigenvalue weighted by atomic mass is 10.3. The Balaban J connectivity index is 0. The zero-order valence-corrected chi connectivity index (χ0v) is 10.2. The van der Waals surface area contributed by atoms with E-state index in [1.807, 2.05) is 4.90 Å². The number of hydrogen-bond donors (Lipinski definition) is 1. The number of carbonyl (C=O) groups excluding carboxylic acids is 1. The van der Waals surface area contributed by atoms with Gasteiger partial charge in [-0.25, -0.2) is 0 Å². The summed E-state index contributed by atoms with van der Waals surface area (Å²) in [5, 5.41) is 0. The maximum Gasteiger partial charge on any atom is 0.236 e. The molecule has 14 heavy (non-hydrogen) atoms. The van der Waals surface area contributed by atoms with E-state index in [-0.39, 0.29) is 12.5 Å². The summed E-state index contributed by atoms with van der Waals surface area (Å²) in [6, 6.07) is 0. The highest BCUT2D eigenvalue weighted by atomic mass is 16.2. The van der Waals surface area contributed by atoms with E-state index >= 15 is 0 Å². The van der Waals surface area contributed by atoms with Crippen LogP contribution in [0.5, 0.6) is 0 Å². The molecule has 3 nitrogen and oxygen atoms in total. The Morgan fingerprint density at radius 2 is 1.43 bits per heavy atom. The number of nitrogens with zero attached hydrogens (tertiary/aromatic N) is 1. The van der Waals surface area contributed by atoms with Crippen molar-refractivity contribution in [2.45, 2.75) is 47.0 Å². The van der Waals surface area contributed by atoms with Crippen LogP contribution in [-0.2, 0) is 4.79 Å². The smallest absolute Gasteiger partial charge is 0.236 e. The van der Waals surface area contributed by atoms with Gasteiger partial charge in [0, 0.05) is 13.1 Å². The van der Waals surface area contributed by atoms with Crippen LogP contribution in [0.1, 0.15) is 47.0 Å². The Labute approximate surface area is 88.7 Å². The SMILES string of the molecule is CCC.CCCN(CCC)C(=O)CN. The molecule has 0 heterocycles. The lowest BCUT2D eigenvalue weighted by molar-refractivity contribution is -0.129. The van der Waals surface area contributed by atoms with E-state index in [1.165, 1.54) is 6.42 Å². The second kappa shape index (κ2) is 12.4. The highest BCUT2D eigenvalue weighted by Crippen LogP contribution is 1.93. The zero-order valence-electron chi connectivity index (χ0n) is 10.2. The fourth-order valence-corrected chi connectivity index (χ4v) is 1.03. The van der Waals surface area contributed by atoms with Gasteiger partial charge in [-0.2, -0.15) is 0 Å². The molecule has 0 saturated carbocycles. The lowest BCUT2D eigenvalue weighted by Gasteiger charge is -2.20. The quantitative estimate of drug-likeness (QED) is 0.741. The molecule has 86 valence electrons. The molecule has 1 amide bonds. The van der Waals surface area contributed by atoms with Gasteiger partial charge in [-0.15, -0.1) is 0 Å². The molecule has 0 unspecified atom stereocenters. The molecule has 3 heteroatoms. The molecule has 0 radical (unpaired) electrons. The van der Waals surface area contributed by atoms with E-state index in [2.05, 4.69) is 27.7 Å². The van der Waals surface area contributed by atoms with Crippen molar-refractivity contribution in [2.24, 2.45) is 5.73 Å². The van der Waals surface area contributed by atoms with Crippen molar-refractivity contribution in [3.05, 3.63) is 0 Å². The van der Waals surface area contributed by atoms with Gasteiger partial charge in [0.05, 0.1) is 6.54 Å². The zero-order chi connectivity index (χ0) is 11.4. The summed E-state index contributed by atoms with van der Waals surface area (Å²) in [6.07, 6.45) is 3.26. The molecule has 0 aromatic carbocycles. The second-order valence-electron chi connectivity index (χ2n) is 3.29. The molecule has 0 fully saturated rings. The van der Waals surface area contributed by atoms with E-state index in [9.17, 15) is 4.79 Å². The number of amides is 1. The Morgan fingerprint density at radius 3 is 1.64 bits per heavy atom. The molecule has 0 aromatic rings. The Kier molecular flexibility index (Phi) is 14.1. The second-order valence-corrected chi connectivity index (χ2v) is 3.29. The fraction of sp³-hybridized carbons (Fsp3) is 0.909. The van der Waals surface area contributed by atoms with Crippen LogP contribution in [0.4, 0.5) is 0 Å². The van der Waals surface area contributed by atoms with Crippen molar-refractivity contribution in [1.29, 1.82) is 0 Å². The first-order valence-electron chi connectivity index (χ1n) is 5.65. The number of rotatable bonds is 5. The molecular weight excluding hydrogens is 176 g/mol. The Bertz CT molecular complexity index is 120. The summed E-state index contributed by atoms with van der Waals surface area (Å²) in [7, 11) is 0. The van der Waals surface area contributed by atoms with Gasteiger partial charge in [-0.3, -0.25) is 4.79 Å². The van der Waals surface area contributed by atoms with E-state index < -0.39 is 0 Å². The standard InChI is InChI=1S/C8H18N2O.C3H8/c1-3-5-10(6-4-2)8(11)7-9;1-3-2/h3-7,9H2,1-2H3;3H2,1-2H3. The van der Waals surface area contributed by atoms with Gasteiger partial charge in [0.15, 0.2) is 0 Å². The van der Waals surface area contributed by atoms with E-state index in [0.29, 0.717) is 0 Å². The fourth-order valence-electron chi connectivity index (χ4n) is 1.03. The number of nitrogens with two attached hydrogens (primary N) is 1. The highest BCUT2D eigenvalue weighted by molar-refractivity contribution is 5.77. The summed E-state index contributed by atoms with van der Waals surface area (Å²) >= 11 is 0. The molecule has 0 aliphatic carbocycles. The van der Waals surface area contributed by atoms with Crippen LogP contribution in [0.15, 0.2) is 0 Å². The van der Waals surface area contributed by atoms with Crippen LogP contribution >= 0.6 is 0 Å². The van der Waals surface area contributed by atoms with Gasteiger partial charge < -0.3 is 10.6 Å². The molecule has 0 aliphatic heterocycles. The van der Waals surface area contributed by atoms with Crippen LogP contribution in [0, 0.1) is 0 Å². The van der Waals surface area contributed by atoms with Gasteiger partial charge in [0.2, 0.25) is 5.91 Å². The van der Waals surface area contributed by atoms with Crippen LogP contribution in [0.3, 0.4) is 0 Å². The molecule has 2 N–H and O–H groups in total. The molecule has 0 atom stereocenters. The van der Waals surface area contributed by atoms with Crippen molar-refractivity contribution in [2.75, 3.05) is 19.6 Å². The largest absolute Gasteiger partial charge is 0.342 e. The van der Waals surface area contributed by atoms with Crippen LogP contribution in [-0.4, -0.2) is 30.4 Å². The third kappa shape index (κ3) is 9.52. The molecule has 0 rings (SSSR count). The maximum absolute atomic E-state index is 11.1. The molecular formula is C11H26N2O. The van der Waals surface area contributed by atoms with Crippen LogP contribution < -0.4 is 5.73 Å². The number of carbonyl (C=O) groups is 1. The van der Waals surface area contributed by atoms with Gasteiger partial charge in [0.1, 0.15) is 0 Å². The van der Waals surface area contributed by atoms with Gasteiger partial charge in [0.25, 0.3) is 0 Å². The maximum atomic E-state index is 11.1. The van der Waals surface area contributed by atoms with Crippen molar-refractivity contribution >= 4 is 5.91 Å². The van der Waals surface area contributed by atoms with E-state index in [4.69, 9.17) is 5.73 Å². The minimum Gasteiger partial charge on any atom is -0.342 e. The van der Waals surface area contributed by atoms with Crippen molar-refractivity contribution in [3.63, 3.8) is 0 Å². The monoisotopic (exact) mass is 202 g/mol. The van der Waals surface area contributed by atoms with E-state index in [0.717, 1.165) is 25.9 Å². The molecule has 0 bridgehead atoms. The Morgan fingerprint density at radius 1 is 1.07 bits per heavy atom. The topological polar surface area (TPSA) is 46.3 Å². The summed E-state index contributed by atoms with van der Waals surface area (Å²) in [5.41, 5.74) is 5.24. The molecule has 0 aromatic heterocycles. The predicted molar refractivity (Wildman–Crippen MR) is 62.2 cm³/mol. The normalized spacial score (nSPS) is 8.93. The van der Waals surface area contributed by atoms with Gasteiger partial charge >= 0.3 is 0 Å². The van der Waals surface area contributed by atoms with Gasteiger partial charge in [-0.05, 0) is 12.8 Å². The number of hydrogen-bond acceptors (Lipinski definition) is 2. The first kappa shape index (κ1) is 15.9.